The summed E-state index contributed by atoms with van der Waals surface area (Å²) in [5.41, 5.74) is 6.28. The highest BCUT2D eigenvalue weighted by atomic mass is 35.5. The molecule has 0 aliphatic carbocycles. The molecule has 2 aromatic rings. The number of hydrogen-bond acceptors (Lipinski definition) is 4. The monoisotopic (exact) mass is 442 g/mol. The van der Waals surface area contributed by atoms with Gasteiger partial charge >= 0.3 is 0 Å². The summed E-state index contributed by atoms with van der Waals surface area (Å²) in [6.07, 6.45) is -0.00669. The van der Waals surface area contributed by atoms with Crippen LogP contribution in [0.2, 0.25) is 5.02 Å². The molecule has 9 heteroatoms. The maximum Gasteiger partial charge on any atom is 0.238 e. The van der Waals surface area contributed by atoms with E-state index in [4.69, 9.17) is 23.8 Å². The molecule has 2 N–H and O–H groups in total. The van der Waals surface area contributed by atoms with Gasteiger partial charge in [-0.15, -0.1) is 12.6 Å². The van der Waals surface area contributed by atoms with E-state index in [9.17, 15) is 13.2 Å². The molecule has 0 fully saturated rings. The normalized spacial score (nSPS) is 12.2. The van der Waals surface area contributed by atoms with E-state index in [1.165, 1.54) is 0 Å². The van der Waals surface area contributed by atoms with Gasteiger partial charge in [-0.2, -0.15) is 0 Å². The van der Waals surface area contributed by atoms with Gasteiger partial charge in [-0.3, -0.25) is 15.6 Å². The first-order valence-corrected chi connectivity index (χ1v) is 11.1. The van der Waals surface area contributed by atoms with Gasteiger partial charge in [0.25, 0.3) is 0 Å². The van der Waals surface area contributed by atoms with E-state index in [0.717, 1.165) is 5.56 Å². The molecule has 0 heterocycles. The summed E-state index contributed by atoms with van der Waals surface area (Å²) in [6.45, 7) is 0. The lowest BCUT2D eigenvalue weighted by atomic mass is 9.97. The Kier molecular flexibility index (Phi) is 8.09. The molecular weight excluding hydrogens is 424 g/mol. The van der Waals surface area contributed by atoms with Crippen LogP contribution in [0.3, 0.4) is 0 Å². The highest BCUT2D eigenvalue weighted by Gasteiger charge is 2.24. The Labute approximate surface area is 174 Å². The van der Waals surface area contributed by atoms with Crippen molar-refractivity contribution >= 4 is 56.5 Å². The molecule has 0 radical (unpaired) electrons. The molecule has 0 bridgehead atoms. The maximum atomic E-state index is 12.7. The zero-order valence-electron chi connectivity index (χ0n) is 14.3. The predicted molar refractivity (Wildman–Crippen MR) is 116 cm³/mol. The highest BCUT2D eigenvalue weighted by molar-refractivity contribution is 8.11. The molecule has 144 valence electrons. The number of thiol groups is 1. The average molecular weight is 443 g/mol. The largest absolute Gasteiger partial charge is 0.283 e. The van der Waals surface area contributed by atoms with Crippen LogP contribution in [0.25, 0.3) is 0 Å². The number of thiocarbonyl (C=S) groups is 1. The van der Waals surface area contributed by atoms with E-state index in [2.05, 4.69) is 23.5 Å². The number of sulfone groups is 1. The fourth-order valence-corrected chi connectivity index (χ4v) is 4.57. The smallest absolute Gasteiger partial charge is 0.238 e. The minimum atomic E-state index is -3.46. The Hall–Kier alpha value is -1.61. The third kappa shape index (κ3) is 7.88. The van der Waals surface area contributed by atoms with Gasteiger partial charge in [-0.05, 0) is 23.3 Å². The van der Waals surface area contributed by atoms with Crippen LogP contribution in [0.15, 0.2) is 54.6 Å². The zero-order valence-corrected chi connectivity index (χ0v) is 17.5. The van der Waals surface area contributed by atoms with Gasteiger partial charge in [-0.25, -0.2) is 8.42 Å². The molecule has 1 amide bonds. The summed E-state index contributed by atoms with van der Waals surface area (Å²) in [4.78, 5) is 12.1. The van der Waals surface area contributed by atoms with Gasteiger partial charge in [0.05, 0.1) is 11.5 Å². The number of amides is 1. The van der Waals surface area contributed by atoms with Crippen molar-refractivity contribution in [3.05, 3.63) is 70.7 Å². The number of carbonyl (C=O) groups excluding carboxylic acids is 1. The van der Waals surface area contributed by atoms with Crippen LogP contribution in [0, 0.1) is 0 Å². The number of carbonyl (C=O) groups is 1. The Balaban J connectivity index is 2.13. The van der Waals surface area contributed by atoms with E-state index >= 15 is 0 Å². The zero-order chi connectivity index (χ0) is 19.9. The summed E-state index contributed by atoms with van der Waals surface area (Å²) in [6, 6.07) is 15.8. The molecule has 0 saturated carbocycles. The average Bonchev–Trinajstić information content (AvgIpc) is 2.62. The second-order valence-electron chi connectivity index (χ2n) is 5.97. The Bertz CT molecular complexity index is 888. The van der Waals surface area contributed by atoms with E-state index in [-0.39, 0.29) is 28.2 Å². The van der Waals surface area contributed by atoms with Gasteiger partial charge in [0, 0.05) is 17.4 Å². The van der Waals surface area contributed by atoms with Crippen molar-refractivity contribution < 1.29 is 13.2 Å². The van der Waals surface area contributed by atoms with Crippen molar-refractivity contribution in [1.29, 1.82) is 0 Å². The molecule has 0 aliphatic heterocycles. The Morgan fingerprint density at radius 3 is 2.30 bits per heavy atom. The standard InChI is InChI=1S/C18H19ClN2O3S3/c19-16-8-6-13(7-9-16)11-27(23,24)12-15(14-4-2-1-3-5-14)10-17(22)20-21-18(25)26/h1-9,15H,10-12H2,(H,20,22)(H2,21,25,26). The van der Waals surface area contributed by atoms with Gasteiger partial charge in [0.15, 0.2) is 9.84 Å². The van der Waals surface area contributed by atoms with Crippen LogP contribution in [0.5, 0.6) is 0 Å². The molecule has 27 heavy (non-hydrogen) atoms. The van der Waals surface area contributed by atoms with E-state index in [0.29, 0.717) is 10.6 Å². The molecule has 0 spiro atoms. The summed E-state index contributed by atoms with van der Waals surface area (Å²) >= 11 is 14.4. The van der Waals surface area contributed by atoms with Crippen molar-refractivity contribution in [2.45, 2.75) is 18.1 Å². The molecular formula is C18H19ClN2O3S3. The lowest BCUT2D eigenvalue weighted by molar-refractivity contribution is -0.121. The molecule has 2 rings (SSSR count). The summed E-state index contributed by atoms with van der Waals surface area (Å²) in [5, 5.41) is 0.546. The van der Waals surface area contributed by atoms with Crippen molar-refractivity contribution in [3.63, 3.8) is 0 Å². The summed E-state index contributed by atoms with van der Waals surface area (Å²) in [7, 11) is -3.46. The summed E-state index contributed by atoms with van der Waals surface area (Å²) in [5.74, 6) is -1.13. The van der Waals surface area contributed by atoms with Gasteiger partial charge in [0.1, 0.15) is 4.32 Å². The Morgan fingerprint density at radius 1 is 1.07 bits per heavy atom. The number of halogens is 1. The van der Waals surface area contributed by atoms with Crippen molar-refractivity contribution in [3.8, 4) is 0 Å². The van der Waals surface area contributed by atoms with Gasteiger partial charge in [-0.1, -0.05) is 66.3 Å². The van der Waals surface area contributed by atoms with E-state index in [1.54, 1.807) is 24.3 Å². The summed E-state index contributed by atoms with van der Waals surface area (Å²) < 4.78 is 25.5. The van der Waals surface area contributed by atoms with Crippen LogP contribution in [-0.4, -0.2) is 24.4 Å². The molecule has 5 nitrogen and oxygen atoms in total. The lowest BCUT2D eigenvalue weighted by Crippen LogP contribution is -2.39. The van der Waals surface area contributed by atoms with E-state index < -0.39 is 15.8 Å². The van der Waals surface area contributed by atoms with Crippen molar-refractivity contribution in [1.82, 2.24) is 10.9 Å². The fraction of sp³-hybridized carbons (Fsp3) is 0.222. The maximum absolute atomic E-state index is 12.7. The number of rotatable bonds is 7. The van der Waals surface area contributed by atoms with Crippen molar-refractivity contribution in [2.75, 3.05) is 5.75 Å². The minimum Gasteiger partial charge on any atom is -0.283 e. The van der Waals surface area contributed by atoms with Crippen LogP contribution in [0.4, 0.5) is 0 Å². The first-order chi connectivity index (χ1) is 12.7. The third-order valence-electron chi connectivity index (χ3n) is 3.77. The van der Waals surface area contributed by atoms with Crippen LogP contribution >= 0.6 is 36.4 Å². The SMILES string of the molecule is O=C(CC(CS(=O)(=O)Cc1ccc(Cl)cc1)c1ccccc1)NNC(=S)S. The third-order valence-corrected chi connectivity index (χ3v) is 5.92. The number of nitrogens with one attached hydrogen (secondary N) is 2. The Morgan fingerprint density at radius 2 is 1.70 bits per heavy atom. The highest BCUT2D eigenvalue weighted by Crippen LogP contribution is 2.23. The number of hydrogen-bond donors (Lipinski definition) is 3. The second kappa shape index (κ2) is 10.1. The van der Waals surface area contributed by atoms with Gasteiger partial charge in [0.2, 0.25) is 5.91 Å². The fourth-order valence-electron chi connectivity index (χ4n) is 2.60. The molecule has 1 unspecified atom stereocenters. The minimum absolute atomic E-state index is 0.00669. The molecule has 0 saturated heterocycles. The van der Waals surface area contributed by atoms with Crippen LogP contribution in [-0.2, 0) is 20.4 Å². The van der Waals surface area contributed by atoms with Crippen LogP contribution < -0.4 is 10.9 Å². The first-order valence-electron chi connectivity index (χ1n) is 8.03. The lowest BCUT2D eigenvalue weighted by Gasteiger charge is -2.18. The number of benzene rings is 2. The van der Waals surface area contributed by atoms with Crippen LogP contribution in [0.1, 0.15) is 23.5 Å². The second-order valence-corrected chi connectivity index (χ2v) is 9.67. The quantitative estimate of drug-likeness (QED) is 0.348. The molecule has 2 aromatic carbocycles. The molecule has 1 atom stereocenters. The van der Waals surface area contributed by atoms with E-state index in [1.807, 2.05) is 30.3 Å². The van der Waals surface area contributed by atoms with Gasteiger partial charge < -0.3 is 0 Å². The predicted octanol–water partition coefficient (Wildman–Crippen LogP) is 3.26. The van der Waals surface area contributed by atoms with Crippen molar-refractivity contribution in [2.24, 2.45) is 0 Å². The molecule has 0 aliphatic rings. The number of hydrazine groups is 1. The topological polar surface area (TPSA) is 75.3 Å². The molecule has 0 aromatic heterocycles. The first kappa shape index (κ1) is 21.7.